The highest BCUT2D eigenvalue weighted by atomic mass is 32.2. The summed E-state index contributed by atoms with van der Waals surface area (Å²) in [5, 5.41) is 9.40. The Balaban J connectivity index is 2.68. The SMILES string of the molecule is CC1CN(S(=O)(=O)N(C)CCCO)CC(C)S1. The van der Waals surface area contributed by atoms with Gasteiger partial charge in [0.25, 0.3) is 10.2 Å². The number of aliphatic hydroxyl groups is 1. The topological polar surface area (TPSA) is 60.9 Å². The Morgan fingerprint density at radius 3 is 2.35 bits per heavy atom. The highest BCUT2D eigenvalue weighted by Crippen LogP contribution is 2.27. The molecule has 0 aliphatic carbocycles. The molecule has 0 radical (unpaired) electrons. The molecule has 5 nitrogen and oxygen atoms in total. The van der Waals surface area contributed by atoms with Crippen LogP contribution in [0.25, 0.3) is 0 Å². The molecular formula is C10H22N2O3S2. The van der Waals surface area contributed by atoms with Gasteiger partial charge < -0.3 is 5.11 Å². The molecule has 2 atom stereocenters. The maximum atomic E-state index is 12.2. The van der Waals surface area contributed by atoms with Crippen molar-refractivity contribution in [2.75, 3.05) is 33.3 Å². The van der Waals surface area contributed by atoms with Crippen LogP contribution in [0.5, 0.6) is 0 Å². The molecule has 0 amide bonds. The first-order chi connectivity index (χ1) is 7.87. The van der Waals surface area contributed by atoms with Crippen LogP contribution < -0.4 is 0 Å². The van der Waals surface area contributed by atoms with Gasteiger partial charge in [0.1, 0.15) is 0 Å². The minimum atomic E-state index is -3.36. The van der Waals surface area contributed by atoms with Gasteiger partial charge in [-0.2, -0.15) is 28.8 Å². The van der Waals surface area contributed by atoms with Crippen LogP contribution in [0.3, 0.4) is 0 Å². The van der Waals surface area contributed by atoms with Gasteiger partial charge in [0.2, 0.25) is 0 Å². The zero-order valence-electron chi connectivity index (χ0n) is 10.7. The van der Waals surface area contributed by atoms with Crippen LogP contribution in [0.4, 0.5) is 0 Å². The third-order valence-corrected chi connectivity index (χ3v) is 5.89. The van der Waals surface area contributed by atoms with Crippen LogP contribution in [-0.4, -0.2) is 65.9 Å². The largest absolute Gasteiger partial charge is 0.396 e. The van der Waals surface area contributed by atoms with Crippen LogP contribution in [-0.2, 0) is 10.2 Å². The lowest BCUT2D eigenvalue weighted by atomic mass is 10.4. The number of hydrogen-bond donors (Lipinski definition) is 1. The quantitative estimate of drug-likeness (QED) is 0.791. The second-order valence-electron chi connectivity index (χ2n) is 4.48. The maximum absolute atomic E-state index is 12.2. The lowest BCUT2D eigenvalue weighted by Crippen LogP contribution is -2.49. The number of nitrogens with zero attached hydrogens (tertiary/aromatic N) is 2. The van der Waals surface area contributed by atoms with Gasteiger partial charge in [-0.05, 0) is 6.42 Å². The number of aliphatic hydroxyl groups excluding tert-OH is 1. The molecule has 1 aliphatic heterocycles. The van der Waals surface area contributed by atoms with Crippen molar-refractivity contribution in [3.63, 3.8) is 0 Å². The Hall–Kier alpha value is 0.180. The molecular weight excluding hydrogens is 260 g/mol. The molecule has 0 saturated carbocycles. The van der Waals surface area contributed by atoms with Crippen molar-refractivity contribution in [2.24, 2.45) is 0 Å². The van der Waals surface area contributed by atoms with Crippen molar-refractivity contribution in [1.29, 1.82) is 0 Å². The van der Waals surface area contributed by atoms with Gasteiger partial charge in [0.05, 0.1) is 0 Å². The minimum absolute atomic E-state index is 0.0164. The zero-order valence-corrected chi connectivity index (χ0v) is 12.3. The summed E-state index contributed by atoms with van der Waals surface area (Å²) in [5.41, 5.74) is 0. The fraction of sp³-hybridized carbons (Fsp3) is 1.00. The predicted octanol–water partition coefficient (Wildman–Crippen LogP) is 0.371. The average Bonchev–Trinajstić information content (AvgIpc) is 2.24. The van der Waals surface area contributed by atoms with Gasteiger partial charge >= 0.3 is 0 Å². The Morgan fingerprint density at radius 1 is 1.35 bits per heavy atom. The summed E-state index contributed by atoms with van der Waals surface area (Å²) in [6.07, 6.45) is 0.476. The molecule has 1 rings (SSSR count). The van der Waals surface area contributed by atoms with Crippen molar-refractivity contribution in [2.45, 2.75) is 30.8 Å². The van der Waals surface area contributed by atoms with E-state index in [9.17, 15) is 8.42 Å². The third kappa shape index (κ3) is 4.10. The van der Waals surface area contributed by atoms with E-state index in [2.05, 4.69) is 13.8 Å². The molecule has 2 unspecified atom stereocenters. The molecule has 102 valence electrons. The van der Waals surface area contributed by atoms with Crippen LogP contribution in [0.2, 0.25) is 0 Å². The minimum Gasteiger partial charge on any atom is -0.396 e. The highest BCUT2D eigenvalue weighted by molar-refractivity contribution is 8.00. The summed E-state index contributed by atoms with van der Waals surface area (Å²) < 4.78 is 27.4. The molecule has 0 spiro atoms. The second kappa shape index (κ2) is 6.38. The van der Waals surface area contributed by atoms with Gasteiger partial charge in [-0.15, -0.1) is 0 Å². The van der Waals surface area contributed by atoms with Gasteiger partial charge in [0, 0.05) is 43.8 Å². The fourth-order valence-electron chi connectivity index (χ4n) is 1.92. The summed E-state index contributed by atoms with van der Waals surface area (Å²) >= 11 is 1.83. The summed E-state index contributed by atoms with van der Waals surface area (Å²) in [5.74, 6) is 0. The fourth-order valence-corrected chi connectivity index (χ4v) is 5.02. The number of thioether (sulfide) groups is 1. The van der Waals surface area contributed by atoms with E-state index in [4.69, 9.17) is 5.11 Å². The first kappa shape index (κ1) is 15.2. The molecule has 0 aromatic heterocycles. The van der Waals surface area contributed by atoms with Crippen molar-refractivity contribution in [1.82, 2.24) is 8.61 Å². The Labute approximate surface area is 108 Å². The first-order valence-electron chi connectivity index (χ1n) is 5.85. The van der Waals surface area contributed by atoms with Crippen molar-refractivity contribution < 1.29 is 13.5 Å². The molecule has 1 heterocycles. The van der Waals surface area contributed by atoms with E-state index in [-0.39, 0.29) is 6.61 Å². The molecule has 0 aromatic carbocycles. The highest BCUT2D eigenvalue weighted by Gasteiger charge is 2.33. The Morgan fingerprint density at radius 2 is 1.88 bits per heavy atom. The van der Waals surface area contributed by atoms with E-state index in [1.165, 1.54) is 4.31 Å². The summed E-state index contributed by atoms with van der Waals surface area (Å²) in [6, 6.07) is 0. The lowest BCUT2D eigenvalue weighted by molar-refractivity contribution is 0.270. The van der Waals surface area contributed by atoms with Gasteiger partial charge in [-0.25, -0.2) is 0 Å². The molecule has 0 aromatic rings. The molecule has 1 fully saturated rings. The van der Waals surface area contributed by atoms with E-state index in [0.29, 0.717) is 36.6 Å². The van der Waals surface area contributed by atoms with Gasteiger partial charge in [-0.3, -0.25) is 0 Å². The van der Waals surface area contributed by atoms with Crippen molar-refractivity contribution in [3.8, 4) is 0 Å². The van der Waals surface area contributed by atoms with Crippen molar-refractivity contribution >= 4 is 22.0 Å². The Kier molecular flexibility index (Phi) is 5.72. The van der Waals surface area contributed by atoms with E-state index >= 15 is 0 Å². The number of hydrogen-bond acceptors (Lipinski definition) is 4. The average molecular weight is 282 g/mol. The molecule has 7 heteroatoms. The van der Waals surface area contributed by atoms with Crippen LogP contribution in [0.15, 0.2) is 0 Å². The second-order valence-corrected chi connectivity index (χ2v) is 8.40. The predicted molar refractivity (Wildman–Crippen MR) is 71.3 cm³/mol. The van der Waals surface area contributed by atoms with E-state index < -0.39 is 10.2 Å². The van der Waals surface area contributed by atoms with Crippen LogP contribution >= 0.6 is 11.8 Å². The van der Waals surface area contributed by atoms with Crippen LogP contribution in [0, 0.1) is 0 Å². The van der Waals surface area contributed by atoms with E-state index in [0.717, 1.165) is 0 Å². The first-order valence-corrected chi connectivity index (χ1v) is 8.19. The third-order valence-electron chi connectivity index (χ3n) is 2.74. The van der Waals surface area contributed by atoms with Gasteiger partial charge in [-0.1, -0.05) is 13.8 Å². The normalized spacial score (nSPS) is 27.6. The lowest BCUT2D eigenvalue weighted by Gasteiger charge is -2.35. The summed E-state index contributed by atoms with van der Waals surface area (Å²) in [4.78, 5) is 0. The molecule has 0 bridgehead atoms. The summed E-state index contributed by atoms with van der Waals surface area (Å²) in [6.45, 7) is 5.63. The smallest absolute Gasteiger partial charge is 0.281 e. The van der Waals surface area contributed by atoms with Gasteiger partial charge in [0.15, 0.2) is 0 Å². The van der Waals surface area contributed by atoms with Crippen molar-refractivity contribution in [3.05, 3.63) is 0 Å². The van der Waals surface area contributed by atoms with Crippen LogP contribution in [0.1, 0.15) is 20.3 Å². The Bertz CT molecular complexity index is 324. The van der Waals surface area contributed by atoms with E-state index in [1.54, 1.807) is 11.4 Å². The standard InChI is InChI=1S/C10H22N2O3S2/c1-9-7-12(8-10(2)16-9)17(14,15)11(3)5-4-6-13/h9-10,13H,4-8H2,1-3H3. The number of rotatable bonds is 5. The monoisotopic (exact) mass is 282 g/mol. The molecule has 1 N–H and O–H groups in total. The maximum Gasteiger partial charge on any atom is 0.281 e. The van der Waals surface area contributed by atoms with E-state index in [1.807, 2.05) is 11.8 Å². The molecule has 1 aliphatic rings. The zero-order chi connectivity index (χ0) is 13.1. The molecule has 1 saturated heterocycles. The summed E-state index contributed by atoms with van der Waals surface area (Å²) in [7, 11) is -1.79. The molecule has 17 heavy (non-hydrogen) atoms.